The maximum atomic E-state index is 12.9. The van der Waals surface area contributed by atoms with E-state index in [1.165, 1.54) is 167 Å². The number of rotatable bonds is 56. The third-order valence-corrected chi connectivity index (χ3v) is 13.4. The molecule has 0 saturated carbocycles. The van der Waals surface area contributed by atoms with E-state index in [-0.39, 0.29) is 31.1 Å². The summed E-state index contributed by atoms with van der Waals surface area (Å²) in [7, 11) is 0. The van der Waals surface area contributed by atoms with Gasteiger partial charge in [0.05, 0.1) is 0 Å². The predicted molar refractivity (Wildman–Crippen MR) is 316 cm³/mol. The molecule has 0 heterocycles. The molecule has 0 unspecified atom stereocenters. The van der Waals surface area contributed by atoms with Gasteiger partial charge >= 0.3 is 17.9 Å². The Morgan fingerprint density at radius 3 is 0.877 bits per heavy atom. The van der Waals surface area contributed by atoms with Gasteiger partial charge in [-0.15, -0.1) is 0 Å². The van der Waals surface area contributed by atoms with Crippen LogP contribution in [-0.4, -0.2) is 37.2 Å². The van der Waals surface area contributed by atoms with Crippen LogP contribution >= 0.6 is 0 Å². The number of ether oxygens (including phenoxy) is 3. The molecule has 0 rings (SSSR count). The molecule has 420 valence electrons. The zero-order valence-electron chi connectivity index (χ0n) is 48.1. The van der Waals surface area contributed by atoms with Crippen molar-refractivity contribution in [2.45, 2.75) is 309 Å². The highest BCUT2D eigenvalue weighted by Crippen LogP contribution is 2.16. The van der Waals surface area contributed by atoms with Gasteiger partial charge in [0, 0.05) is 19.3 Å². The minimum atomic E-state index is -0.794. The van der Waals surface area contributed by atoms with Gasteiger partial charge in [0.2, 0.25) is 0 Å². The maximum Gasteiger partial charge on any atom is 0.306 e. The first-order chi connectivity index (χ1) is 36.0. The second kappa shape index (κ2) is 61.1. The van der Waals surface area contributed by atoms with Gasteiger partial charge in [-0.2, -0.15) is 0 Å². The highest BCUT2D eigenvalue weighted by molar-refractivity contribution is 5.71. The van der Waals surface area contributed by atoms with E-state index < -0.39 is 6.10 Å². The summed E-state index contributed by atoms with van der Waals surface area (Å²) in [6, 6.07) is 0. The Labute approximate surface area is 452 Å². The number of hydrogen-bond acceptors (Lipinski definition) is 6. The van der Waals surface area contributed by atoms with Gasteiger partial charge in [0.15, 0.2) is 6.10 Å². The molecule has 0 spiro atoms. The molecule has 6 heteroatoms. The van der Waals surface area contributed by atoms with Crippen molar-refractivity contribution in [1.29, 1.82) is 0 Å². The molecule has 0 radical (unpaired) electrons. The highest BCUT2D eigenvalue weighted by atomic mass is 16.6. The van der Waals surface area contributed by atoms with E-state index in [1.807, 2.05) is 0 Å². The van der Waals surface area contributed by atoms with E-state index in [0.717, 1.165) is 96.3 Å². The van der Waals surface area contributed by atoms with Gasteiger partial charge in [-0.05, 0) is 116 Å². The lowest BCUT2D eigenvalue weighted by Crippen LogP contribution is -2.30. The molecule has 0 aliphatic rings. The van der Waals surface area contributed by atoms with Gasteiger partial charge < -0.3 is 14.2 Å². The fraction of sp³-hybridized carbons (Fsp3) is 0.746. The van der Waals surface area contributed by atoms with Gasteiger partial charge in [-0.25, -0.2) is 0 Å². The summed E-state index contributed by atoms with van der Waals surface area (Å²) >= 11 is 0. The van der Waals surface area contributed by atoms with Crippen LogP contribution in [0.5, 0.6) is 0 Å². The van der Waals surface area contributed by atoms with E-state index in [9.17, 15) is 14.4 Å². The van der Waals surface area contributed by atoms with Crippen molar-refractivity contribution < 1.29 is 28.6 Å². The monoisotopic (exact) mass is 1020 g/mol. The van der Waals surface area contributed by atoms with Gasteiger partial charge in [0.1, 0.15) is 13.2 Å². The number of hydrogen-bond donors (Lipinski definition) is 0. The normalized spacial score (nSPS) is 12.6. The zero-order valence-corrected chi connectivity index (χ0v) is 48.1. The van der Waals surface area contributed by atoms with Crippen LogP contribution in [0.2, 0.25) is 0 Å². The molecular formula is C67H116O6. The molecular weight excluding hydrogens is 901 g/mol. The third kappa shape index (κ3) is 59.3. The minimum Gasteiger partial charge on any atom is -0.462 e. The van der Waals surface area contributed by atoms with Crippen molar-refractivity contribution in [2.24, 2.45) is 0 Å². The minimum absolute atomic E-state index is 0.0886. The van der Waals surface area contributed by atoms with Crippen molar-refractivity contribution in [1.82, 2.24) is 0 Å². The van der Waals surface area contributed by atoms with E-state index >= 15 is 0 Å². The van der Waals surface area contributed by atoms with Gasteiger partial charge in [-0.3, -0.25) is 14.4 Å². The van der Waals surface area contributed by atoms with Crippen LogP contribution in [-0.2, 0) is 28.6 Å². The Balaban J connectivity index is 4.42. The fourth-order valence-corrected chi connectivity index (χ4v) is 8.69. The molecule has 0 aromatic carbocycles. The van der Waals surface area contributed by atoms with Crippen LogP contribution in [0.3, 0.4) is 0 Å². The standard InChI is InChI=1S/C67H116O6/c1-4-7-10-13-16-19-22-25-28-30-32-33-35-37-40-43-46-49-52-55-58-61-67(70)73-64(62-71-65(68)59-56-53-50-47-44-41-38-27-24-21-18-15-12-9-6-3)63-72-66(69)60-57-54-51-48-45-42-39-36-34-31-29-26-23-20-17-14-11-8-5-2/h8,11,17,20-21,24-26,28-29,34,36,42,45,64H,4-7,9-10,12-16,18-19,22-23,27,30-33,35,37-41,43-44,46-63H2,1-3H3/b11-8-,20-17-,24-21-,28-25-,29-26-,36-34-,45-42-/t64-/m0/s1. The molecule has 6 nitrogen and oxygen atoms in total. The lowest BCUT2D eigenvalue weighted by molar-refractivity contribution is -0.167. The predicted octanol–water partition coefficient (Wildman–Crippen LogP) is 21.1. The van der Waals surface area contributed by atoms with Gasteiger partial charge in [-0.1, -0.05) is 254 Å². The first kappa shape index (κ1) is 69.6. The lowest BCUT2D eigenvalue weighted by atomic mass is 10.0. The van der Waals surface area contributed by atoms with Crippen molar-refractivity contribution >= 4 is 17.9 Å². The molecule has 0 bridgehead atoms. The van der Waals surface area contributed by atoms with E-state index in [0.29, 0.717) is 19.3 Å². The molecule has 73 heavy (non-hydrogen) atoms. The molecule has 0 fully saturated rings. The SMILES string of the molecule is CC/C=C\C/C=C\C/C=C\C/C=C\C/C=C\CCCCCC(=O)OC[C@H](COC(=O)CCCCCCCCC/C=C\CCCCCC)OC(=O)CCCCCCCCCCCCC/C=C\CCCCCCCC. The van der Waals surface area contributed by atoms with Crippen LogP contribution in [0.1, 0.15) is 303 Å². The Morgan fingerprint density at radius 2 is 0.534 bits per heavy atom. The van der Waals surface area contributed by atoms with Crippen LogP contribution in [0.25, 0.3) is 0 Å². The van der Waals surface area contributed by atoms with Crippen LogP contribution < -0.4 is 0 Å². The third-order valence-electron chi connectivity index (χ3n) is 13.4. The first-order valence-electron chi connectivity index (χ1n) is 31.1. The molecule has 0 amide bonds. The summed E-state index contributed by atoms with van der Waals surface area (Å²) in [5.74, 6) is -0.916. The molecule has 1 atom stereocenters. The first-order valence-corrected chi connectivity index (χ1v) is 31.1. The number of esters is 3. The summed E-state index contributed by atoms with van der Waals surface area (Å²) in [5.41, 5.74) is 0. The van der Waals surface area contributed by atoms with E-state index in [4.69, 9.17) is 14.2 Å². The zero-order chi connectivity index (χ0) is 52.9. The van der Waals surface area contributed by atoms with Crippen molar-refractivity contribution in [3.8, 4) is 0 Å². The van der Waals surface area contributed by atoms with Crippen LogP contribution in [0, 0.1) is 0 Å². The van der Waals surface area contributed by atoms with Crippen LogP contribution in [0.15, 0.2) is 85.1 Å². The number of allylic oxidation sites excluding steroid dienone is 14. The maximum absolute atomic E-state index is 12.9. The Bertz CT molecular complexity index is 1400. The summed E-state index contributed by atoms with van der Waals surface area (Å²) in [6.45, 7) is 6.51. The smallest absolute Gasteiger partial charge is 0.306 e. The molecule has 0 N–H and O–H groups in total. The number of unbranched alkanes of at least 4 members (excludes halogenated alkanes) is 31. The van der Waals surface area contributed by atoms with Crippen molar-refractivity contribution in [3.63, 3.8) is 0 Å². The molecule has 0 aliphatic carbocycles. The second-order valence-corrected chi connectivity index (χ2v) is 20.6. The van der Waals surface area contributed by atoms with Crippen molar-refractivity contribution in [2.75, 3.05) is 13.2 Å². The van der Waals surface area contributed by atoms with E-state index in [1.54, 1.807) is 0 Å². The molecule has 0 saturated heterocycles. The number of carbonyl (C=O) groups is 3. The molecule has 0 aromatic heterocycles. The van der Waals surface area contributed by atoms with Crippen molar-refractivity contribution in [3.05, 3.63) is 85.1 Å². The average Bonchev–Trinajstić information content (AvgIpc) is 3.39. The topological polar surface area (TPSA) is 78.9 Å². The Hall–Kier alpha value is -3.41. The lowest BCUT2D eigenvalue weighted by Gasteiger charge is -2.18. The fourth-order valence-electron chi connectivity index (χ4n) is 8.69. The van der Waals surface area contributed by atoms with Gasteiger partial charge in [0.25, 0.3) is 0 Å². The Morgan fingerprint density at radius 1 is 0.288 bits per heavy atom. The van der Waals surface area contributed by atoms with Crippen LogP contribution in [0.4, 0.5) is 0 Å². The summed E-state index contributed by atoms with van der Waals surface area (Å²) in [5, 5.41) is 0. The number of carbonyl (C=O) groups excluding carboxylic acids is 3. The second-order valence-electron chi connectivity index (χ2n) is 20.6. The largest absolute Gasteiger partial charge is 0.462 e. The summed E-state index contributed by atoms with van der Waals surface area (Å²) in [4.78, 5) is 38.3. The Kier molecular flexibility index (Phi) is 58.3. The molecule has 0 aliphatic heterocycles. The summed E-state index contributed by atoms with van der Waals surface area (Å²) in [6.07, 6.45) is 80.1. The summed E-state index contributed by atoms with van der Waals surface area (Å²) < 4.78 is 16.9. The molecule has 0 aromatic rings. The highest BCUT2D eigenvalue weighted by Gasteiger charge is 2.19. The van der Waals surface area contributed by atoms with E-state index in [2.05, 4.69) is 106 Å². The quantitative estimate of drug-likeness (QED) is 0.0261. The average molecular weight is 1020 g/mol.